The van der Waals surface area contributed by atoms with E-state index in [1.807, 2.05) is 30.3 Å². The van der Waals surface area contributed by atoms with E-state index in [2.05, 4.69) is 18.7 Å². The number of Topliss-reactive ketones (excluding diaryl/α,β-unsaturated/α-hetero) is 1. The fraction of sp³-hybridized carbons (Fsp3) is 0.238. The Hall–Kier alpha value is -3.06. The van der Waals surface area contributed by atoms with Gasteiger partial charge < -0.3 is 9.64 Å². The second-order valence-corrected chi connectivity index (χ2v) is 5.49. The number of hydrogen-bond acceptors (Lipinski definition) is 4. The maximum atomic E-state index is 12.5. The summed E-state index contributed by atoms with van der Waals surface area (Å²) in [5, 5.41) is 9.37. The summed E-state index contributed by atoms with van der Waals surface area (Å²) >= 11 is 0. The minimum Gasteiger partial charge on any atom is -0.497 e. The minimum atomic E-state index is -0.294. The molecule has 4 nitrogen and oxygen atoms in total. The van der Waals surface area contributed by atoms with Crippen LogP contribution in [0, 0.1) is 11.3 Å². The molecule has 0 aliphatic rings. The van der Waals surface area contributed by atoms with Crippen LogP contribution in [0.1, 0.15) is 29.8 Å². The van der Waals surface area contributed by atoms with Crippen LogP contribution >= 0.6 is 0 Å². The molecular formula is C21H22N2O2. The van der Waals surface area contributed by atoms with Crippen molar-refractivity contribution >= 4 is 17.5 Å². The lowest BCUT2D eigenvalue weighted by molar-refractivity contribution is 0.104. The molecule has 0 radical (unpaired) electrons. The Bertz CT molecular complexity index is 780. The molecule has 2 aromatic carbocycles. The van der Waals surface area contributed by atoms with Crippen molar-refractivity contribution in [3.8, 4) is 11.8 Å². The Balaban J connectivity index is 2.24. The zero-order valence-electron chi connectivity index (χ0n) is 14.8. The third-order valence-electron chi connectivity index (χ3n) is 4.05. The number of ketones is 1. The number of carbonyl (C=O) groups excluding carboxylic acids is 1. The Kier molecular flexibility index (Phi) is 6.36. The van der Waals surface area contributed by atoms with Crippen molar-refractivity contribution in [1.29, 1.82) is 5.26 Å². The summed E-state index contributed by atoms with van der Waals surface area (Å²) in [5.74, 6) is 0.379. The molecule has 25 heavy (non-hydrogen) atoms. The summed E-state index contributed by atoms with van der Waals surface area (Å²) in [4.78, 5) is 14.7. The van der Waals surface area contributed by atoms with Gasteiger partial charge in [-0.25, -0.2) is 0 Å². The standard InChI is InChI=1S/C21H22N2O2/c1-4-23(5-2)19-10-6-16(7-11-19)14-18(15-22)21(24)17-8-12-20(25-3)13-9-17/h6-14H,4-5H2,1-3H3/b18-14+. The third-order valence-corrected chi connectivity index (χ3v) is 4.05. The van der Waals surface area contributed by atoms with Crippen LogP contribution in [0.2, 0.25) is 0 Å². The van der Waals surface area contributed by atoms with E-state index in [9.17, 15) is 10.1 Å². The van der Waals surface area contributed by atoms with Crippen molar-refractivity contribution in [1.82, 2.24) is 0 Å². The predicted molar refractivity (Wildman–Crippen MR) is 101 cm³/mol. The van der Waals surface area contributed by atoms with Crippen molar-refractivity contribution in [2.24, 2.45) is 0 Å². The summed E-state index contributed by atoms with van der Waals surface area (Å²) in [7, 11) is 1.57. The molecule has 0 aliphatic carbocycles. The van der Waals surface area contributed by atoms with Crippen molar-refractivity contribution in [2.75, 3.05) is 25.1 Å². The van der Waals surface area contributed by atoms with Crippen molar-refractivity contribution < 1.29 is 9.53 Å². The highest BCUT2D eigenvalue weighted by Gasteiger charge is 2.12. The zero-order valence-corrected chi connectivity index (χ0v) is 14.8. The van der Waals surface area contributed by atoms with E-state index in [1.54, 1.807) is 37.5 Å². The molecule has 0 fully saturated rings. The highest BCUT2D eigenvalue weighted by atomic mass is 16.5. The van der Waals surface area contributed by atoms with Gasteiger partial charge in [-0.05, 0) is 61.9 Å². The zero-order chi connectivity index (χ0) is 18.2. The highest BCUT2D eigenvalue weighted by molar-refractivity contribution is 6.14. The van der Waals surface area contributed by atoms with Crippen LogP contribution in [0.25, 0.3) is 6.08 Å². The number of nitrogens with zero attached hydrogens (tertiary/aromatic N) is 2. The molecule has 0 atom stereocenters. The van der Waals surface area contributed by atoms with Gasteiger partial charge in [-0.3, -0.25) is 4.79 Å². The van der Waals surface area contributed by atoms with Gasteiger partial charge in [0.2, 0.25) is 5.78 Å². The lowest BCUT2D eigenvalue weighted by Gasteiger charge is -2.20. The Labute approximate surface area is 149 Å². The lowest BCUT2D eigenvalue weighted by Crippen LogP contribution is -2.21. The van der Waals surface area contributed by atoms with Crippen LogP contribution in [-0.2, 0) is 0 Å². The maximum absolute atomic E-state index is 12.5. The van der Waals surface area contributed by atoms with Crippen LogP contribution in [0.15, 0.2) is 54.1 Å². The van der Waals surface area contributed by atoms with Gasteiger partial charge in [0, 0.05) is 24.3 Å². The van der Waals surface area contributed by atoms with Gasteiger partial charge in [-0.1, -0.05) is 12.1 Å². The van der Waals surface area contributed by atoms with E-state index in [0.717, 1.165) is 24.3 Å². The van der Waals surface area contributed by atoms with Gasteiger partial charge >= 0.3 is 0 Å². The van der Waals surface area contributed by atoms with Gasteiger partial charge in [0.15, 0.2) is 0 Å². The first-order chi connectivity index (χ1) is 12.1. The molecule has 0 N–H and O–H groups in total. The van der Waals surface area contributed by atoms with Crippen molar-refractivity contribution in [3.63, 3.8) is 0 Å². The van der Waals surface area contributed by atoms with Crippen molar-refractivity contribution in [3.05, 3.63) is 65.2 Å². The number of rotatable bonds is 7. The van der Waals surface area contributed by atoms with Gasteiger partial charge in [-0.2, -0.15) is 5.26 Å². The smallest absolute Gasteiger partial charge is 0.203 e. The topological polar surface area (TPSA) is 53.3 Å². The maximum Gasteiger partial charge on any atom is 0.203 e. The molecule has 0 bridgehead atoms. The molecule has 0 saturated heterocycles. The van der Waals surface area contributed by atoms with Gasteiger partial charge in [-0.15, -0.1) is 0 Å². The Morgan fingerprint density at radius 3 is 2.16 bits per heavy atom. The number of hydrogen-bond donors (Lipinski definition) is 0. The number of carbonyl (C=O) groups is 1. The molecule has 0 aliphatic heterocycles. The summed E-state index contributed by atoms with van der Waals surface area (Å²) in [5.41, 5.74) is 2.53. The quantitative estimate of drug-likeness (QED) is 0.429. The summed E-state index contributed by atoms with van der Waals surface area (Å²) in [6.07, 6.45) is 1.62. The molecule has 128 valence electrons. The van der Waals surface area contributed by atoms with Crippen LogP contribution in [0.3, 0.4) is 0 Å². The summed E-state index contributed by atoms with van der Waals surface area (Å²) in [6, 6.07) is 16.6. The van der Waals surface area contributed by atoms with Crippen LogP contribution in [-0.4, -0.2) is 26.0 Å². The molecule has 0 spiro atoms. The SMILES string of the molecule is CCN(CC)c1ccc(/C=C(\C#N)C(=O)c2ccc(OC)cc2)cc1. The summed E-state index contributed by atoms with van der Waals surface area (Å²) < 4.78 is 5.09. The number of nitriles is 1. The van der Waals surface area contributed by atoms with Gasteiger partial charge in [0.05, 0.1) is 7.11 Å². The molecule has 0 aromatic heterocycles. The Morgan fingerprint density at radius 1 is 1.08 bits per heavy atom. The number of ether oxygens (including phenoxy) is 1. The Morgan fingerprint density at radius 2 is 1.68 bits per heavy atom. The fourth-order valence-corrected chi connectivity index (χ4v) is 2.58. The van der Waals surface area contributed by atoms with E-state index in [1.165, 1.54) is 0 Å². The van der Waals surface area contributed by atoms with E-state index in [-0.39, 0.29) is 11.4 Å². The van der Waals surface area contributed by atoms with Crippen LogP contribution in [0.5, 0.6) is 5.75 Å². The number of anilines is 1. The van der Waals surface area contributed by atoms with Crippen LogP contribution < -0.4 is 9.64 Å². The third kappa shape index (κ3) is 4.48. The highest BCUT2D eigenvalue weighted by Crippen LogP contribution is 2.19. The first-order valence-electron chi connectivity index (χ1n) is 8.28. The van der Waals surface area contributed by atoms with Crippen molar-refractivity contribution in [2.45, 2.75) is 13.8 Å². The molecule has 4 heteroatoms. The molecular weight excluding hydrogens is 312 g/mol. The van der Waals surface area contributed by atoms with E-state index < -0.39 is 0 Å². The normalized spacial score (nSPS) is 10.9. The molecule has 0 unspecified atom stereocenters. The molecule has 0 heterocycles. The molecule has 0 saturated carbocycles. The average Bonchev–Trinajstić information content (AvgIpc) is 2.67. The van der Waals surface area contributed by atoms with E-state index >= 15 is 0 Å². The molecule has 2 aromatic rings. The first-order valence-corrected chi connectivity index (χ1v) is 8.28. The van der Waals surface area contributed by atoms with E-state index in [4.69, 9.17) is 4.74 Å². The summed E-state index contributed by atoms with van der Waals surface area (Å²) in [6.45, 7) is 6.09. The van der Waals surface area contributed by atoms with Gasteiger partial charge in [0.25, 0.3) is 0 Å². The second-order valence-electron chi connectivity index (χ2n) is 5.49. The largest absolute Gasteiger partial charge is 0.497 e. The fourth-order valence-electron chi connectivity index (χ4n) is 2.58. The van der Waals surface area contributed by atoms with Gasteiger partial charge in [0.1, 0.15) is 17.4 Å². The van der Waals surface area contributed by atoms with E-state index in [0.29, 0.717) is 11.3 Å². The molecule has 0 amide bonds. The molecule has 2 rings (SSSR count). The second kappa shape index (κ2) is 8.70. The minimum absolute atomic E-state index is 0.112. The predicted octanol–water partition coefficient (Wildman–Crippen LogP) is 4.33. The first kappa shape index (κ1) is 18.3. The monoisotopic (exact) mass is 334 g/mol. The number of methoxy groups -OCH3 is 1. The lowest BCUT2D eigenvalue weighted by atomic mass is 10.0. The average molecular weight is 334 g/mol. The number of benzene rings is 2. The number of allylic oxidation sites excluding steroid dienone is 1. The van der Waals surface area contributed by atoms with Crippen LogP contribution in [0.4, 0.5) is 5.69 Å².